The molecule has 0 N–H and O–H groups in total. The van der Waals surface area contributed by atoms with E-state index in [1.807, 2.05) is 24.5 Å². The quantitative estimate of drug-likeness (QED) is 0.263. The van der Waals surface area contributed by atoms with E-state index in [-0.39, 0.29) is 0 Å². The van der Waals surface area contributed by atoms with Crippen molar-refractivity contribution in [2.75, 3.05) is 0 Å². The largest absolute Gasteiger partial charge is 0.462 e. The summed E-state index contributed by atoms with van der Waals surface area (Å²) in [5, 5.41) is 4.52. The van der Waals surface area contributed by atoms with Gasteiger partial charge in [0, 0.05) is 34.3 Å². The molecule has 0 saturated carbocycles. The van der Waals surface area contributed by atoms with Crippen LogP contribution < -0.4 is 0 Å². The van der Waals surface area contributed by atoms with Crippen molar-refractivity contribution in [1.82, 2.24) is 9.97 Å². The van der Waals surface area contributed by atoms with Crippen LogP contribution >= 0.6 is 0 Å². The molecule has 0 atom stereocenters. The van der Waals surface area contributed by atoms with Crippen LogP contribution in [-0.2, 0) is 0 Å². The molecular formula is C33H22N2O. The smallest absolute Gasteiger partial charge is 0.160 e. The molecule has 170 valence electrons. The maximum Gasteiger partial charge on any atom is 0.160 e. The van der Waals surface area contributed by atoms with Gasteiger partial charge in [-0.25, -0.2) is 0 Å². The molecule has 3 aromatic heterocycles. The first-order chi connectivity index (χ1) is 17.7. The van der Waals surface area contributed by atoms with Crippen molar-refractivity contribution < 1.29 is 4.42 Å². The number of fused-ring (bicyclic) bond motifs is 4. The highest BCUT2D eigenvalue weighted by Gasteiger charge is 2.14. The third-order valence-corrected chi connectivity index (χ3v) is 6.86. The third-order valence-electron chi connectivity index (χ3n) is 6.86. The third kappa shape index (κ3) is 3.37. The average molecular weight is 463 g/mol. The van der Waals surface area contributed by atoms with E-state index in [4.69, 9.17) is 9.40 Å². The SMILES string of the molecule is Cc1cnc2c(c1)c(-c1ccc(-c3cccc4cc(-c5ccccc5)ccc34)cn1)cc1ccoc12. The Morgan fingerprint density at radius 1 is 0.583 bits per heavy atom. The number of aromatic nitrogens is 2. The lowest BCUT2D eigenvalue weighted by molar-refractivity contribution is 0.618. The van der Waals surface area contributed by atoms with E-state index >= 15 is 0 Å². The van der Waals surface area contributed by atoms with E-state index in [2.05, 4.69) is 96.8 Å². The first kappa shape index (κ1) is 20.6. The van der Waals surface area contributed by atoms with Crippen molar-refractivity contribution in [2.45, 2.75) is 6.92 Å². The molecule has 0 saturated heterocycles. The molecule has 0 aliphatic carbocycles. The van der Waals surface area contributed by atoms with Gasteiger partial charge in [-0.1, -0.05) is 66.7 Å². The summed E-state index contributed by atoms with van der Waals surface area (Å²) in [6.07, 6.45) is 5.58. The van der Waals surface area contributed by atoms with Gasteiger partial charge in [-0.15, -0.1) is 0 Å². The van der Waals surface area contributed by atoms with Crippen LogP contribution in [0.25, 0.3) is 66.2 Å². The number of hydrogen-bond donors (Lipinski definition) is 0. The van der Waals surface area contributed by atoms with Crippen molar-refractivity contribution in [3.8, 4) is 33.5 Å². The molecule has 0 aliphatic rings. The normalized spacial score (nSPS) is 11.5. The predicted molar refractivity (Wildman–Crippen MR) is 148 cm³/mol. The summed E-state index contributed by atoms with van der Waals surface area (Å²) in [5.41, 5.74) is 9.50. The Morgan fingerprint density at radius 3 is 2.33 bits per heavy atom. The molecule has 0 fully saturated rings. The van der Waals surface area contributed by atoms with Gasteiger partial charge in [0.05, 0.1) is 12.0 Å². The van der Waals surface area contributed by atoms with Crippen molar-refractivity contribution in [3.05, 3.63) is 121 Å². The molecule has 36 heavy (non-hydrogen) atoms. The molecule has 7 rings (SSSR count). The molecule has 0 radical (unpaired) electrons. The summed E-state index contributed by atoms with van der Waals surface area (Å²) in [6, 6.07) is 34.2. The molecule has 0 amide bonds. The number of benzene rings is 4. The average Bonchev–Trinajstić information content (AvgIpc) is 3.41. The summed E-state index contributed by atoms with van der Waals surface area (Å²) in [6.45, 7) is 2.06. The molecule has 3 nitrogen and oxygen atoms in total. The van der Waals surface area contributed by atoms with Gasteiger partial charge in [0.25, 0.3) is 0 Å². The lowest BCUT2D eigenvalue weighted by Crippen LogP contribution is -1.90. The summed E-state index contributed by atoms with van der Waals surface area (Å²) >= 11 is 0. The molecular weight excluding hydrogens is 440 g/mol. The van der Waals surface area contributed by atoms with Crippen molar-refractivity contribution in [3.63, 3.8) is 0 Å². The van der Waals surface area contributed by atoms with E-state index < -0.39 is 0 Å². The molecule has 0 unspecified atom stereocenters. The fourth-order valence-electron chi connectivity index (χ4n) is 5.08. The van der Waals surface area contributed by atoms with E-state index in [1.165, 1.54) is 27.5 Å². The number of pyridine rings is 2. The number of furan rings is 1. The number of rotatable bonds is 3. The minimum atomic E-state index is 0.816. The Kier molecular flexibility index (Phi) is 4.68. The van der Waals surface area contributed by atoms with Crippen LogP contribution in [0.3, 0.4) is 0 Å². The molecule has 4 aromatic carbocycles. The maximum atomic E-state index is 5.73. The topological polar surface area (TPSA) is 38.9 Å². The zero-order valence-corrected chi connectivity index (χ0v) is 19.8. The highest BCUT2D eigenvalue weighted by molar-refractivity contribution is 6.09. The summed E-state index contributed by atoms with van der Waals surface area (Å²) in [4.78, 5) is 9.58. The van der Waals surface area contributed by atoms with Crippen LogP contribution in [0, 0.1) is 6.92 Å². The zero-order valence-electron chi connectivity index (χ0n) is 19.8. The van der Waals surface area contributed by atoms with Crippen molar-refractivity contribution >= 4 is 32.6 Å². The first-order valence-corrected chi connectivity index (χ1v) is 12.1. The molecule has 3 heteroatoms. The second-order valence-corrected chi connectivity index (χ2v) is 9.21. The highest BCUT2D eigenvalue weighted by atomic mass is 16.3. The Bertz CT molecular complexity index is 1880. The number of aryl methyl sites for hydroxylation is 1. The Labute approximate surface area is 208 Å². The van der Waals surface area contributed by atoms with Gasteiger partial charge >= 0.3 is 0 Å². The Morgan fingerprint density at radius 2 is 1.47 bits per heavy atom. The number of nitrogens with zero attached hydrogens (tertiary/aromatic N) is 2. The monoisotopic (exact) mass is 462 g/mol. The van der Waals surface area contributed by atoms with Crippen LogP contribution in [0.15, 0.2) is 120 Å². The van der Waals surface area contributed by atoms with Crippen LogP contribution in [-0.4, -0.2) is 9.97 Å². The molecule has 0 spiro atoms. The van der Waals surface area contributed by atoms with Gasteiger partial charge in [-0.3, -0.25) is 9.97 Å². The maximum absolute atomic E-state index is 5.73. The van der Waals surface area contributed by atoms with Gasteiger partial charge in [0.15, 0.2) is 5.58 Å². The first-order valence-electron chi connectivity index (χ1n) is 12.1. The molecule has 0 bridgehead atoms. The minimum Gasteiger partial charge on any atom is -0.462 e. The highest BCUT2D eigenvalue weighted by Crippen LogP contribution is 2.36. The minimum absolute atomic E-state index is 0.816. The second kappa shape index (κ2) is 8.17. The molecule has 7 aromatic rings. The van der Waals surface area contributed by atoms with Gasteiger partial charge in [0.1, 0.15) is 5.52 Å². The summed E-state index contributed by atoms with van der Waals surface area (Å²) in [7, 11) is 0. The summed E-state index contributed by atoms with van der Waals surface area (Å²) in [5.74, 6) is 0. The van der Waals surface area contributed by atoms with Gasteiger partial charge in [0.2, 0.25) is 0 Å². The van der Waals surface area contributed by atoms with Crippen LogP contribution in [0.5, 0.6) is 0 Å². The van der Waals surface area contributed by atoms with Crippen LogP contribution in [0.2, 0.25) is 0 Å². The second-order valence-electron chi connectivity index (χ2n) is 9.21. The predicted octanol–water partition coefficient (Wildman–Crippen LogP) is 8.84. The van der Waals surface area contributed by atoms with E-state index in [0.717, 1.165) is 44.3 Å². The summed E-state index contributed by atoms with van der Waals surface area (Å²) < 4.78 is 5.73. The van der Waals surface area contributed by atoms with E-state index in [0.29, 0.717) is 0 Å². The van der Waals surface area contributed by atoms with E-state index in [9.17, 15) is 0 Å². The lowest BCUT2D eigenvalue weighted by atomic mass is 9.95. The lowest BCUT2D eigenvalue weighted by Gasteiger charge is -2.11. The molecule has 0 aliphatic heterocycles. The standard InChI is InChI=1S/C33H22N2O/c1-21-16-30-29(18-25-14-15-36-33(25)32(30)35-19-21)31-13-11-26(20-34-31)27-9-5-8-24-17-23(10-12-28(24)27)22-6-3-2-4-7-22/h2-20H,1H3. The Hall–Kier alpha value is -4.76. The van der Waals surface area contributed by atoms with E-state index in [1.54, 1.807) is 6.26 Å². The number of hydrogen-bond acceptors (Lipinski definition) is 3. The van der Waals surface area contributed by atoms with Crippen molar-refractivity contribution in [1.29, 1.82) is 0 Å². The molecule has 3 heterocycles. The Balaban J connectivity index is 1.33. The fourth-order valence-corrected chi connectivity index (χ4v) is 5.08. The van der Waals surface area contributed by atoms with Crippen LogP contribution in [0.4, 0.5) is 0 Å². The fraction of sp³-hybridized carbons (Fsp3) is 0.0303. The van der Waals surface area contributed by atoms with Crippen molar-refractivity contribution in [2.24, 2.45) is 0 Å². The van der Waals surface area contributed by atoms with Crippen LogP contribution in [0.1, 0.15) is 5.56 Å². The zero-order chi connectivity index (χ0) is 24.1. The van der Waals surface area contributed by atoms with Gasteiger partial charge < -0.3 is 4.42 Å². The van der Waals surface area contributed by atoms with Gasteiger partial charge in [-0.2, -0.15) is 0 Å². The van der Waals surface area contributed by atoms with Gasteiger partial charge in [-0.05, 0) is 70.3 Å².